The number of carbonyl (C=O) groups excluding carboxylic acids is 2. The van der Waals surface area contributed by atoms with Crippen LogP contribution in [0.1, 0.15) is 35.4 Å². The molecule has 0 aliphatic rings. The van der Waals surface area contributed by atoms with E-state index in [1.165, 1.54) is 0 Å². The number of amides is 2. The normalized spacial score (nSPS) is 12.6. The Morgan fingerprint density at radius 3 is 2.37 bits per heavy atom. The molecule has 0 saturated heterocycles. The lowest BCUT2D eigenvalue weighted by Gasteiger charge is -2.28. The molecular formula is C22H27NO7. The van der Waals surface area contributed by atoms with E-state index in [0.717, 1.165) is 0 Å². The highest BCUT2D eigenvalue weighted by atomic mass is 16.6. The monoisotopic (exact) mass is 417 g/mol. The second kappa shape index (κ2) is 12.6. The van der Waals surface area contributed by atoms with Crippen LogP contribution in [0.15, 0.2) is 54.6 Å². The Balaban J connectivity index is 2.25. The van der Waals surface area contributed by atoms with E-state index in [1.54, 1.807) is 61.5 Å². The maximum absolute atomic E-state index is 12.5. The zero-order valence-corrected chi connectivity index (χ0v) is 16.8. The quantitative estimate of drug-likeness (QED) is 0.514. The molecule has 30 heavy (non-hydrogen) atoms. The molecule has 2 aromatic rings. The molecule has 0 fully saturated rings. The molecule has 0 spiro atoms. The Hall–Kier alpha value is -2.94. The van der Waals surface area contributed by atoms with E-state index in [1.807, 2.05) is 0 Å². The Morgan fingerprint density at radius 2 is 1.70 bits per heavy atom. The molecule has 2 amide bonds. The number of aliphatic hydroxyl groups excluding tert-OH is 2. The zero-order valence-electron chi connectivity index (χ0n) is 16.8. The molecule has 0 aliphatic heterocycles. The van der Waals surface area contributed by atoms with Crippen molar-refractivity contribution in [1.82, 2.24) is 5.32 Å². The van der Waals surface area contributed by atoms with Crippen molar-refractivity contribution in [2.75, 3.05) is 26.4 Å². The number of imide groups is 1. The van der Waals surface area contributed by atoms with Crippen molar-refractivity contribution in [1.29, 1.82) is 0 Å². The van der Waals surface area contributed by atoms with Gasteiger partial charge in [0.1, 0.15) is 18.5 Å². The van der Waals surface area contributed by atoms with E-state index in [9.17, 15) is 14.7 Å². The minimum absolute atomic E-state index is 0.0573. The zero-order chi connectivity index (χ0) is 21.8. The standard InChI is InChI=1S/C22H27NO7/c1-2-28-19(12-13-24)20(17-10-6-7-11-18(17)29-15-14-25)30-22(27)23-21(26)16-8-4-3-5-9-16/h3-11,19-20,24-25H,2,12-15H2,1H3,(H,23,26,27)/t19-,20-/m0/s1. The average molecular weight is 417 g/mol. The number of para-hydroxylation sites is 1. The topological polar surface area (TPSA) is 114 Å². The molecule has 0 heterocycles. The van der Waals surface area contributed by atoms with E-state index in [0.29, 0.717) is 23.5 Å². The molecule has 0 bridgehead atoms. The Kier molecular flexibility index (Phi) is 9.79. The van der Waals surface area contributed by atoms with Gasteiger partial charge in [0.2, 0.25) is 0 Å². The highest BCUT2D eigenvalue weighted by Gasteiger charge is 2.30. The van der Waals surface area contributed by atoms with Crippen molar-refractivity contribution in [2.24, 2.45) is 0 Å². The first-order valence-electron chi connectivity index (χ1n) is 9.72. The molecule has 2 aromatic carbocycles. The Morgan fingerprint density at radius 1 is 1.00 bits per heavy atom. The first kappa shape index (κ1) is 23.3. The largest absolute Gasteiger partial charge is 0.491 e. The first-order chi connectivity index (χ1) is 14.6. The van der Waals surface area contributed by atoms with Gasteiger partial charge in [-0.25, -0.2) is 4.79 Å². The van der Waals surface area contributed by atoms with Crippen LogP contribution in [0.4, 0.5) is 4.79 Å². The number of hydrogen-bond acceptors (Lipinski definition) is 7. The van der Waals surface area contributed by atoms with Gasteiger partial charge < -0.3 is 24.4 Å². The average Bonchev–Trinajstić information content (AvgIpc) is 2.77. The van der Waals surface area contributed by atoms with Gasteiger partial charge in [0.05, 0.1) is 6.61 Å². The summed E-state index contributed by atoms with van der Waals surface area (Å²) >= 11 is 0. The van der Waals surface area contributed by atoms with Crippen LogP contribution >= 0.6 is 0 Å². The van der Waals surface area contributed by atoms with Crippen LogP contribution in [0, 0.1) is 0 Å². The molecule has 0 radical (unpaired) electrons. The fourth-order valence-corrected chi connectivity index (χ4v) is 2.90. The lowest BCUT2D eigenvalue weighted by molar-refractivity contribution is -0.0518. The van der Waals surface area contributed by atoms with Crippen LogP contribution < -0.4 is 10.1 Å². The van der Waals surface area contributed by atoms with E-state index in [-0.39, 0.29) is 26.2 Å². The number of rotatable bonds is 11. The van der Waals surface area contributed by atoms with Gasteiger partial charge in [-0.3, -0.25) is 10.1 Å². The van der Waals surface area contributed by atoms with Crippen LogP contribution in [0.5, 0.6) is 5.75 Å². The smallest absolute Gasteiger partial charge is 0.414 e. The number of benzene rings is 2. The number of carbonyl (C=O) groups is 2. The van der Waals surface area contributed by atoms with Gasteiger partial charge in [-0.05, 0) is 25.1 Å². The molecule has 2 rings (SSSR count). The van der Waals surface area contributed by atoms with Gasteiger partial charge in [0, 0.05) is 30.8 Å². The second-order valence-electron chi connectivity index (χ2n) is 6.26. The van der Waals surface area contributed by atoms with Gasteiger partial charge in [0.25, 0.3) is 5.91 Å². The number of nitrogens with one attached hydrogen (secondary N) is 1. The van der Waals surface area contributed by atoms with Crippen molar-refractivity contribution in [3.05, 3.63) is 65.7 Å². The predicted molar refractivity (Wildman–Crippen MR) is 109 cm³/mol. The highest BCUT2D eigenvalue weighted by Crippen LogP contribution is 2.33. The summed E-state index contributed by atoms with van der Waals surface area (Å²) in [6, 6.07) is 15.1. The Bertz CT molecular complexity index is 791. The third-order valence-electron chi connectivity index (χ3n) is 4.19. The molecule has 8 nitrogen and oxygen atoms in total. The van der Waals surface area contributed by atoms with Crippen LogP contribution in [0.3, 0.4) is 0 Å². The SMILES string of the molecule is CCO[C@@H](CCO)[C@@H](OC(=O)NC(=O)c1ccccc1)c1ccccc1OCCO. The minimum atomic E-state index is -0.951. The lowest BCUT2D eigenvalue weighted by atomic mass is 10.0. The molecule has 8 heteroatoms. The molecule has 2 atom stereocenters. The molecule has 0 aromatic heterocycles. The van der Waals surface area contributed by atoms with E-state index in [4.69, 9.17) is 19.3 Å². The van der Waals surface area contributed by atoms with Crippen molar-refractivity contribution < 1.29 is 34.0 Å². The van der Waals surface area contributed by atoms with Crippen LogP contribution in [0.25, 0.3) is 0 Å². The summed E-state index contributed by atoms with van der Waals surface area (Å²) in [4.78, 5) is 24.8. The lowest BCUT2D eigenvalue weighted by Crippen LogP contribution is -2.36. The summed E-state index contributed by atoms with van der Waals surface area (Å²) < 4.78 is 16.8. The molecular weight excluding hydrogens is 390 g/mol. The summed E-state index contributed by atoms with van der Waals surface area (Å²) in [7, 11) is 0. The summed E-state index contributed by atoms with van der Waals surface area (Å²) in [5, 5.41) is 20.7. The molecule has 3 N–H and O–H groups in total. The number of ether oxygens (including phenoxy) is 3. The van der Waals surface area contributed by atoms with Crippen molar-refractivity contribution >= 4 is 12.0 Å². The predicted octanol–water partition coefficient (Wildman–Crippen LogP) is 2.45. The third-order valence-corrected chi connectivity index (χ3v) is 4.19. The molecule has 0 saturated carbocycles. The molecule has 162 valence electrons. The van der Waals surface area contributed by atoms with E-state index in [2.05, 4.69) is 5.32 Å². The van der Waals surface area contributed by atoms with E-state index < -0.39 is 24.2 Å². The summed E-state index contributed by atoms with van der Waals surface area (Å²) in [6.45, 7) is 1.80. The second-order valence-corrected chi connectivity index (χ2v) is 6.26. The molecule has 0 aliphatic carbocycles. The fourth-order valence-electron chi connectivity index (χ4n) is 2.90. The highest BCUT2D eigenvalue weighted by molar-refractivity contribution is 6.02. The third kappa shape index (κ3) is 6.84. The van der Waals surface area contributed by atoms with Crippen molar-refractivity contribution in [3.8, 4) is 5.75 Å². The number of alkyl carbamates (subject to hydrolysis) is 1. The first-order valence-corrected chi connectivity index (χ1v) is 9.72. The van der Waals surface area contributed by atoms with Crippen LogP contribution in [-0.2, 0) is 9.47 Å². The van der Waals surface area contributed by atoms with Gasteiger partial charge in [-0.1, -0.05) is 36.4 Å². The van der Waals surface area contributed by atoms with Gasteiger partial charge in [-0.2, -0.15) is 0 Å². The van der Waals surface area contributed by atoms with E-state index >= 15 is 0 Å². The van der Waals surface area contributed by atoms with Crippen LogP contribution in [-0.4, -0.2) is 54.7 Å². The van der Waals surface area contributed by atoms with Gasteiger partial charge in [-0.15, -0.1) is 0 Å². The summed E-state index contributed by atoms with van der Waals surface area (Å²) in [5.41, 5.74) is 0.814. The summed E-state index contributed by atoms with van der Waals surface area (Å²) in [6.07, 6.45) is -2.37. The maximum Gasteiger partial charge on any atom is 0.414 e. The van der Waals surface area contributed by atoms with Crippen molar-refractivity contribution in [2.45, 2.75) is 25.6 Å². The maximum atomic E-state index is 12.5. The van der Waals surface area contributed by atoms with Gasteiger partial charge >= 0.3 is 6.09 Å². The molecule has 0 unspecified atom stereocenters. The Labute approximate surface area is 175 Å². The van der Waals surface area contributed by atoms with Gasteiger partial charge in [0.15, 0.2) is 6.10 Å². The number of hydrogen-bond donors (Lipinski definition) is 3. The van der Waals surface area contributed by atoms with Crippen molar-refractivity contribution in [3.63, 3.8) is 0 Å². The minimum Gasteiger partial charge on any atom is -0.491 e. The van der Waals surface area contributed by atoms with Crippen LogP contribution in [0.2, 0.25) is 0 Å². The summed E-state index contributed by atoms with van der Waals surface area (Å²) in [5.74, 6) is -0.194. The fraction of sp³-hybridized carbons (Fsp3) is 0.364. The number of aliphatic hydroxyl groups is 2.